The van der Waals surface area contributed by atoms with Crippen LogP contribution in [0.4, 0.5) is 10.5 Å². The summed E-state index contributed by atoms with van der Waals surface area (Å²) in [6, 6.07) is 10.8. The third kappa shape index (κ3) is 6.20. The van der Waals surface area contributed by atoms with E-state index in [1.165, 1.54) is 35.2 Å². The molecule has 0 aliphatic carbocycles. The number of rotatable bonds is 13. The first-order valence-corrected chi connectivity index (χ1v) is 16.2. The highest BCUT2D eigenvalue weighted by molar-refractivity contribution is 8.00. The summed E-state index contributed by atoms with van der Waals surface area (Å²) in [7, 11) is 0. The van der Waals surface area contributed by atoms with Crippen molar-refractivity contribution in [1.82, 2.24) is 30.7 Å². The van der Waals surface area contributed by atoms with Crippen molar-refractivity contribution in [2.45, 2.75) is 23.6 Å². The number of phenolic OH excluding ortho intramolecular Hbond substituents is 2. The number of nitrogens with zero attached hydrogens (tertiary/aromatic N) is 3. The van der Waals surface area contributed by atoms with Gasteiger partial charge in [-0.05, 0) is 19.1 Å². The summed E-state index contributed by atoms with van der Waals surface area (Å²) in [5.74, 6) is -7.12. The summed E-state index contributed by atoms with van der Waals surface area (Å²) >= 11 is 0.898. The van der Waals surface area contributed by atoms with E-state index in [1.807, 2.05) is 0 Å². The quantitative estimate of drug-likeness (QED) is 0.0318. The van der Waals surface area contributed by atoms with Crippen LogP contribution < -0.4 is 21.3 Å². The van der Waals surface area contributed by atoms with Gasteiger partial charge in [0.05, 0.1) is 0 Å². The van der Waals surface area contributed by atoms with Crippen molar-refractivity contribution in [1.29, 1.82) is 0 Å². The van der Waals surface area contributed by atoms with E-state index >= 15 is 0 Å². The van der Waals surface area contributed by atoms with Gasteiger partial charge < -0.3 is 40.9 Å². The number of carboxylic acid groups (broad SMARTS) is 1. The first kappa shape index (κ1) is 36.0. The van der Waals surface area contributed by atoms with Crippen LogP contribution in [0.3, 0.4) is 0 Å². The van der Waals surface area contributed by atoms with Crippen molar-refractivity contribution in [3.8, 4) is 11.5 Å². The van der Waals surface area contributed by atoms with Crippen LogP contribution in [0, 0.1) is 0 Å². The minimum Gasteiger partial charge on any atom is -0.504 e. The van der Waals surface area contributed by atoms with Crippen molar-refractivity contribution in [3.05, 3.63) is 65.4 Å². The van der Waals surface area contributed by atoms with Gasteiger partial charge in [-0.3, -0.25) is 43.9 Å². The van der Waals surface area contributed by atoms with Crippen LogP contribution in [0.1, 0.15) is 12.5 Å². The summed E-state index contributed by atoms with van der Waals surface area (Å²) in [6.45, 7) is 1.02. The fraction of sp³-hybridized carbons (Fsp3) is 0.290. The Morgan fingerprint density at radius 3 is 2.37 bits per heavy atom. The number of phenols is 2. The second-order valence-corrected chi connectivity index (χ2v) is 12.3. The Morgan fingerprint density at radius 2 is 1.75 bits per heavy atom. The lowest BCUT2D eigenvalue weighted by molar-refractivity contribution is -0.171. The second kappa shape index (κ2) is 14.3. The molecule has 0 saturated carbocycles. The summed E-state index contributed by atoms with van der Waals surface area (Å²) in [6.07, 6.45) is -0.814. The van der Waals surface area contributed by atoms with Gasteiger partial charge in [0.2, 0.25) is 24.1 Å². The Balaban J connectivity index is 1.45. The number of benzene rings is 2. The smallest absolute Gasteiger partial charge is 0.411 e. The van der Waals surface area contributed by atoms with Crippen LogP contribution in [0.15, 0.2) is 59.8 Å². The standard InChI is InChI=1S/C31H31N7O12S/c1-2-36-10-11-37(24(44)23(36)43)31(33-16-40,18-6-4-3-5-7-18)26(47)35-30(32-15-39)27(48)38-22(25(45)46)17(14-51-28(30)38)13-50-29(49)34-19-8-9-20(41)21(42)12-19/h3-9,12,15-16,28,41-42H,2,10-11,13-14H2,1H3,(H,32,39)(H,33,40)(H,34,49)(H,35,47)(H,45,46)/t28-,30-,31-/m1/s1. The molecule has 0 spiro atoms. The van der Waals surface area contributed by atoms with E-state index in [-0.39, 0.29) is 55.0 Å². The Morgan fingerprint density at radius 1 is 1.02 bits per heavy atom. The molecule has 51 heavy (non-hydrogen) atoms. The molecule has 5 rings (SSSR count). The molecule has 0 unspecified atom stereocenters. The maximum absolute atomic E-state index is 14.5. The highest BCUT2D eigenvalue weighted by Gasteiger charge is 2.67. The number of β-lactam (4-membered cyclic amide) rings is 1. The van der Waals surface area contributed by atoms with Gasteiger partial charge in [-0.25, -0.2) is 9.59 Å². The third-order valence-corrected chi connectivity index (χ3v) is 9.83. The van der Waals surface area contributed by atoms with Gasteiger partial charge in [0.15, 0.2) is 11.5 Å². The predicted octanol–water partition coefficient (Wildman–Crippen LogP) is -1.25. The number of carboxylic acids is 1. The van der Waals surface area contributed by atoms with Crippen LogP contribution in [-0.2, 0) is 44.0 Å². The highest BCUT2D eigenvalue weighted by Crippen LogP contribution is 2.45. The van der Waals surface area contributed by atoms with E-state index in [0.29, 0.717) is 0 Å². The average molecular weight is 726 g/mol. The van der Waals surface area contributed by atoms with E-state index in [1.54, 1.807) is 13.0 Å². The lowest BCUT2D eigenvalue weighted by atomic mass is 9.90. The number of fused-ring (bicyclic) bond motifs is 1. The van der Waals surface area contributed by atoms with Crippen LogP contribution in [0.2, 0.25) is 0 Å². The minimum absolute atomic E-state index is 0.000557. The van der Waals surface area contributed by atoms with Crippen molar-refractivity contribution >= 4 is 66.0 Å². The molecule has 3 aliphatic heterocycles. The molecule has 3 heterocycles. The molecule has 2 aromatic carbocycles. The maximum atomic E-state index is 14.5. The van der Waals surface area contributed by atoms with Crippen LogP contribution in [-0.4, -0.2) is 122 Å². The molecule has 2 fully saturated rings. The lowest BCUT2D eigenvalue weighted by Crippen LogP contribution is -2.87. The number of ether oxygens (including phenoxy) is 1. The molecule has 7 N–H and O–H groups in total. The Hall–Kier alpha value is -6.31. The SMILES string of the molecule is CCN1CCN([C@@](NC=O)(C(=O)N[C@]2(NC=O)C(=O)N3C(C(=O)O)=C(COC(=O)Nc4ccc(O)c(O)c4)CS[C@@H]32)c2ccccc2)C(=O)C1=O. The van der Waals surface area contributed by atoms with Crippen molar-refractivity contribution in [2.75, 3.05) is 37.3 Å². The summed E-state index contributed by atoms with van der Waals surface area (Å²) in [4.78, 5) is 107. The molecule has 0 bridgehead atoms. The number of carbonyl (C=O) groups is 8. The molecule has 2 aromatic rings. The number of piperazine rings is 1. The van der Waals surface area contributed by atoms with Crippen LogP contribution >= 0.6 is 11.8 Å². The Kier molecular flexibility index (Phi) is 10.1. The number of hydrogen-bond acceptors (Lipinski definition) is 12. The molecule has 20 heteroatoms. The van der Waals surface area contributed by atoms with Gasteiger partial charge >= 0.3 is 23.9 Å². The average Bonchev–Trinajstić information content (AvgIpc) is 3.12. The van der Waals surface area contributed by atoms with Gasteiger partial charge in [0.25, 0.3) is 11.8 Å². The van der Waals surface area contributed by atoms with Crippen molar-refractivity contribution in [3.63, 3.8) is 0 Å². The van der Waals surface area contributed by atoms with Gasteiger partial charge in [0, 0.05) is 48.3 Å². The summed E-state index contributed by atoms with van der Waals surface area (Å²) in [5, 5.41) is 37.3. The Labute approximate surface area is 292 Å². The van der Waals surface area contributed by atoms with Gasteiger partial charge in [-0.2, -0.15) is 0 Å². The highest BCUT2D eigenvalue weighted by atomic mass is 32.2. The number of thioether (sulfide) groups is 1. The lowest BCUT2D eigenvalue weighted by Gasteiger charge is -2.57. The van der Waals surface area contributed by atoms with E-state index in [4.69, 9.17) is 4.74 Å². The number of carbonyl (C=O) groups excluding carboxylic acids is 7. The molecule has 7 amide bonds. The third-order valence-electron chi connectivity index (χ3n) is 8.43. The van der Waals surface area contributed by atoms with E-state index in [9.17, 15) is 53.7 Å². The first-order valence-electron chi connectivity index (χ1n) is 15.1. The number of anilines is 1. The number of nitrogens with one attached hydrogen (secondary N) is 4. The summed E-state index contributed by atoms with van der Waals surface area (Å²) in [5.41, 5.74) is -5.27. The fourth-order valence-corrected chi connectivity index (χ4v) is 7.39. The molecule has 0 radical (unpaired) electrons. The number of aromatic hydroxyl groups is 2. The van der Waals surface area contributed by atoms with Crippen LogP contribution in [0.25, 0.3) is 0 Å². The van der Waals surface area contributed by atoms with Gasteiger partial charge in [0.1, 0.15) is 17.7 Å². The fourth-order valence-electron chi connectivity index (χ4n) is 5.98. The predicted molar refractivity (Wildman–Crippen MR) is 174 cm³/mol. The topological polar surface area (TPSA) is 264 Å². The number of aliphatic carboxylic acids is 1. The van der Waals surface area contributed by atoms with E-state index in [2.05, 4.69) is 21.3 Å². The number of hydrogen-bond donors (Lipinski definition) is 7. The molecule has 19 nitrogen and oxygen atoms in total. The molecule has 3 aliphatic rings. The molecule has 0 aromatic heterocycles. The second-order valence-electron chi connectivity index (χ2n) is 11.2. The summed E-state index contributed by atoms with van der Waals surface area (Å²) < 4.78 is 5.15. The zero-order chi connectivity index (χ0) is 37.1. The molecule has 268 valence electrons. The largest absolute Gasteiger partial charge is 0.504 e. The zero-order valence-corrected chi connectivity index (χ0v) is 27.5. The normalized spacial score (nSPS) is 21.1. The molecular formula is C31H31N7O12S. The maximum Gasteiger partial charge on any atom is 0.411 e. The molecular weight excluding hydrogens is 694 g/mol. The first-order chi connectivity index (χ1) is 24.4. The van der Waals surface area contributed by atoms with Crippen LogP contribution in [0.5, 0.6) is 11.5 Å². The van der Waals surface area contributed by atoms with Crippen molar-refractivity contribution in [2.24, 2.45) is 0 Å². The van der Waals surface area contributed by atoms with Gasteiger partial charge in [-0.15, -0.1) is 11.8 Å². The zero-order valence-electron chi connectivity index (χ0n) is 26.7. The minimum atomic E-state index is -2.42. The van der Waals surface area contributed by atoms with Crippen molar-refractivity contribution < 1.29 is 58.4 Å². The van der Waals surface area contributed by atoms with E-state index in [0.717, 1.165) is 33.7 Å². The Bertz CT molecular complexity index is 1840. The monoisotopic (exact) mass is 725 g/mol. The van der Waals surface area contributed by atoms with Gasteiger partial charge in [-0.1, -0.05) is 30.3 Å². The number of likely N-dealkylation sites (N-methyl/N-ethyl adjacent to an activating group) is 1. The van der Waals surface area contributed by atoms with E-state index < -0.39 is 76.2 Å². The molecule has 3 atom stereocenters. The number of amides is 7. The molecule has 2 saturated heterocycles.